The number of nitrogens with one attached hydrogen (secondary N) is 2. The molecule has 2 aromatic heterocycles. The molecular weight excluding hydrogens is 398 g/mol. The number of aryl methyl sites for hydroxylation is 1. The van der Waals surface area contributed by atoms with Crippen LogP contribution in [0.25, 0.3) is 11.0 Å². The molecule has 1 aliphatic heterocycles. The second-order valence-electron chi connectivity index (χ2n) is 8.37. The van der Waals surface area contributed by atoms with E-state index in [4.69, 9.17) is 0 Å². The van der Waals surface area contributed by atoms with Crippen molar-refractivity contribution >= 4 is 22.8 Å². The Hall–Kier alpha value is -2.97. The highest BCUT2D eigenvalue weighted by Gasteiger charge is 2.28. The Balaban J connectivity index is 1.56. The van der Waals surface area contributed by atoms with Crippen LogP contribution in [-0.2, 0) is 11.3 Å². The number of nitrogens with zero attached hydrogens (tertiary/aromatic N) is 3. The third kappa shape index (κ3) is 4.55. The summed E-state index contributed by atoms with van der Waals surface area (Å²) in [6.07, 6.45) is 6.51. The molecule has 0 atom stereocenters. The highest BCUT2D eigenvalue weighted by molar-refractivity contribution is 6.05. The van der Waals surface area contributed by atoms with E-state index < -0.39 is 17.2 Å². The zero-order chi connectivity index (χ0) is 22.0. The molecule has 0 bridgehead atoms. The summed E-state index contributed by atoms with van der Waals surface area (Å²) in [5.41, 5.74) is 0.0229. The second kappa shape index (κ2) is 9.03. The summed E-state index contributed by atoms with van der Waals surface area (Å²) in [6, 6.07) is 1.66. The molecule has 0 unspecified atom stereocenters. The molecular formula is C22H29N5O4. The minimum absolute atomic E-state index is 0.0399. The Morgan fingerprint density at radius 1 is 1.16 bits per heavy atom. The van der Waals surface area contributed by atoms with E-state index >= 15 is 0 Å². The van der Waals surface area contributed by atoms with Gasteiger partial charge in [0.15, 0.2) is 5.65 Å². The van der Waals surface area contributed by atoms with Gasteiger partial charge in [-0.05, 0) is 38.7 Å². The van der Waals surface area contributed by atoms with Gasteiger partial charge in [0.05, 0.1) is 10.9 Å². The van der Waals surface area contributed by atoms with Crippen molar-refractivity contribution in [3.63, 3.8) is 0 Å². The third-order valence-corrected chi connectivity index (χ3v) is 6.11. The number of pyridine rings is 1. The summed E-state index contributed by atoms with van der Waals surface area (Å²) in [4.78, 5) is 59.0. The summed E-state index contributed by atoms with van der Waals surface area (Å²) >= 11 is 0. The van der Waals surface area contributed by atoms with Gasteiger partial charge in [-0.2, -0.15) is 0 Å². The van der Waals surface area contributed by atoms with Gasteiger partial charge in [0.25, 0.3) is 11.5 Å². The maximum Gasteiger partial charge on any atom is 0.329 e. The van der Waals surface area contributed by atoms with Gasteiger partial charge in [-0.15, -0.1) is 0 Å². The fourth-order valence-corrected chi connectivity index (χ4v) is 4.21. The van der Waals surface area contributed by atoms with E-state index in [1.165, 1.54) is 4.57 Å². The minimum Gasteiger partial charge on any atom is -0.351 e. The highest BCUT2D eigenvalue weighted by Crippen LogP contribution is 2.39. The number of amides is 2. The first kappa shape index (κ1) is 21.3. The first-order valence-electron chi connectivity index (χ1n) is 11.2. The van der Waals surface area contributed by atoms with Crippen LogP contribution in [0.15, 0.2) is 15.7 Å². The van der Waals surface area contributed by atoms with Gasteiger partial charge in [-0.3, -0.25) is 23.9 Å². The van der Waals surface area contributed by atoms with E-state index in [-0.39, 0.29) is 41.4 Å². The van der Waals surface area contributed by atoms with Crippen molar-refractivity contribution in [2.45, 2.75) is 64.3 Å². The Morgan fingerprint density at radius 3 is 2.52 bits per heavy atom. The Labute approximate surface area is 179 Å². The van der Waals surface area contributed by atoms with Crippen LogP contribution in [0, 0.1) is 0 Å². The topological polar surface area (TPSA) is 117 Å². The number of hydrogen-bond donors (Lipinski definition) is 2. The van der Waals surface area contributed by atoms with E-state index in [0.29, 0.717) is 6.54 Å². The summed E-state index contributed by atoms with van der Waals surface area (Å²) in [7, 11) is 0. The predicted octanol–water partition coefficient (Wildman–Crippen LogP) is 1.50. The minimum atomic E-state index is -0.620. The molecule has 2 aliphatic rings. The van der Waals surface area contributed by atoms with Crippen molar-refractivity contribution in [1.29, 1.82) is 0 Å². The lowest BCUT2D eigenvalue weighted by atomic mass is 10.1. The number of aromatic amines is 1. The van der Waals surface area contributed by atoms with Gasteiger partial charge < -0.3 is 10.2 Å². The smallest absolute Gasteiger partial charge is 0.329 e. The molecule has 31 heavy (non-hydrogen) atoms. The van der Waals surface area contributed by atoms with Crippen LogP contribution in [0.1, 0.15) is 73.8 Å². The molecule has 2 aromatic rings. The van der Waals surface area contributed by atoms with Crippen LogP contribution in [0.4, 0.5) is 0 Å². The molecule has 3 heterocycles. The molecule has 166 valence electrons. The average Bonchev–Trinajstić information content (AvgIpc) is 3.60. The average molecular weight is 428 g/mol. The molecule has 9 heteroatoms. The predicted molar refractivity (Wildman–Crippen MR) is 116 cm³/mol. The zero-order valence-electron chi connectivity index (χ0n) is 17.9. The van der Waals surface area contributed by atoms with E-state index in [9.17, 15) is 19.2 Å². The van der Waals surface area contributed by atoms with Gasteiger partial charge in [0.1, 0.15) is 0 Å². The van der Waals surface area contributed by atoms with Crippen LogP contribution >= 0.6 is 0 Å². The Bertz CT molecular complexity index is 1110. The van der Waals surface area contributed by atoms with Crippen LogP contribution in [0.3, 0.4) is 0 Å². The van der Waals surface area contributed by atoms with Crippen molar-refractivity contribution in [2.24, 2.45) is 0 Å². The molecule has 1 saturated carbocycles. The van der Waals surface area contributed by atoms with Gasteiger partial charge in [-0.25, -0.2) is 9.78 Å². The van der Waals surface area contributed by atoms with Crippen LogP contribution in [-0.4, -0.2) is 50.9 Å². The fraction of sp³-hybridized carbons (Fsp3) is 0.591. The number of likely N-dealkylation sites (tertiary alicyclic amines) is 1. The highest BCUT2D eigenvalue weighted by atomic mass is 16.2. The first-order chi connectivity index (χ1) is 15.0. The first-order valence-corrected chi connectivity index (χ1v) is 11.2. The van der Waals surface area contributed by atoms with Gasteiger partial charge in [0.2, 0.25) is 5.91 Å². The molecule has 1 aliphatic carbocycles. The summed E-state index contributed by atoms with van der Waals surface area (Å²) < 4.78 is 1.38. The number of carbonyl (C=O) groups excluding carboxylic acids is 2. The number of H-pyrrole nitrogens is 1. The number of rotatable bonds is 6. The number of carbonyl (C=O) groups is 2. The molecule has 9 nitrogen and oxygen atoms in total. The molecule has 2 fully saturated rings. The number of aromatic nitrogens is 3. The van der Waals surface area contributed by atoms with Crippen LogP contribution < -0.4 is 16.6 Å². The van der Waals surface area contributed by atoms with Gasteiger partial charge in [0, 0.05) is 44.2 Å². The summed E-state index contributed by atoms with van der Waals surface area (Å²) in [5.74, 6) is -0.136. The quantitative estimate of drug-likeness (QED) is 0.725. The van der Waals surface area contributed by atoms with Crippen LogP contribution in [0.2, 0.25) is 0 Å². The van der Waals surface area contributed by atoms with Crippen molar-refractivity contribution in [3.05, 3.63) is 38.2 Å². The van der Waals surface area contributed by atoms with E-state index in [1.54, 1.807) is 13.0 Å². The fourth-order valence-electron chi connectivity index (χ4n) is 4.21. The van der Waals surface area contributed by atoms with Crippen molar-refractivity contribution in [1.82, 2.24) is 24.8 Å². The Kier molecular flexibility index (Phi) is 6.20. The number of hydrogen-bond acceptors (Lipinski definition) is 5. The SMILES string of the molecule is CCn1c(=O)[nH]c(=O)c2c(C(=O)NCCC(=O)N3CCCCCC3)cc(C3CC3)nc21. The molecule has 0 spiro atoms. The standard InChI is InChI=1S/C22H29N5O4/c1-2-27-19-18(21(30)25-22(27)31)15(13-16(24-19)14-7-8-14)20(29)23-10-9-17(28)26-11-5-3-4-6-12-26/h13-14H,2-12H2,1H3,(H,23,29)(H,25,30,31). The van der Waals surface area contributed by atoms with Crippen LogP contribution in [0.5, 0.6) is 0 Å². The molecule has 2 amide bonds. The van der Waals surface area contributed by atoms with E-state index in [2.05, 4.69) is 15.3 Å². The van der Waals surface area contributed by atoms with Gasteiger partial charge in [-0.1, -0.05) is 12.8 Å². The monoisotopic (exact) mass is 427 g/mol. The van der Waals surface area contributed by atoms with Gasteiger partial charge >= 0.3 is 5.69 Å². The van der Waals surface area contributed by atoms with E-state index in [0.717, 1.165) is 57.3 Å². The van der Waals surface area contributed by atoms with Crippen molar-refractivity contribution < 1.29 is 9.59 Å². The second-order valence-corrected chi connectivity index (χ2v) is 8.37. The molecule has 0 aromatic carbocycles. The molecule has 0 radical (unpaired) electrons. The van der Waals surface area contributed by atoms with E-state index in [1.807, 2.05) is 4.90 Å². The molecule has 1 saturated heterocycles. The largest absolute Gasteiger partial charge is 0.351 e. The molecule has 4 rings (SSSR count). The normalized spacial score (nSPS) is 16.9. The lowest BCUT2D eigenvalue weighted by Gasteiger charge is -2.20. The Morgan fingerprint density at radius 2 is 1.87 bits per heavy atom. The summed E-state index contributed by atoms with van der Waals surface area (Å²) in [6.45, 7) is 3.87. The van der Waals surface area contributed by atoms with Crippen molar-refractivity contribution in [2.75, 3.05) is 19.6 Å². The van der Waals surface area contributed by atoms with Crippen molar-refractivity contribution in [3.8, 4) is 0 Å². The maximum atomic E-state index is 13.0. The lowest BCUT2D eigenvalue weighted by Crippen LogP contribution is -2.36. The third-order valence-electron chi connectivity index (χ3n) is 6.11. The maximum absolute atomic E-state index is 13.0. The molecule has 2 N–H and O–H groups in total. The number of fused-ring (bicyclic) bond motifs is 1. The summed E-state index contributed by atoms with van der Waals surface area (Å²) in [5, 5.41) is 2.90. The zero-order valence-corrected chi connectivity index (χ0v) is 17.9. The lowest BCUT2D eigenvalue weighted by molar-refractivity contribution is -0.131.